The Morgan fingerprint density at radius 3 is 2.46 bits per heavy atom. The summed E-state index contributed by atoms with van der Waals surface area (Å²) in [4.78, 5) is 4.44. The highest BCUT2D eigenvalue weighted by molar-refractivity contribution is 5.55. The van der Waals surface area contributed by atoms with Crippen LogP contribution in [0.4, 0.5) is 17.5 Å². The Morgan fingerprint density at radius 1 is 0.964 bits per heavy atom. The third-order valence-electron chi connectivity index (χ3n) is 3.90. The van der Waals surface area contributed by atoms with Gasteiger partial charge >= 0.3 is 0 Å². The van der Waals surface area contributed by atoms with Crippen molar-refractivity contribution in [2.75, 3.05) is 31.5 Å². The van der Waals surface area contributed by atoms with Crippen molar-refractivity contribution < 1.29 is 14.2 Å². The van der Waals surface area contributed by atoms with Crippen LogP contribution >= 0.6 is 0 Å². The van der Waals surface area contributed by atoms with Crippen molar-refractivity contribution in [3.63, 3.8) is 0 Å². The van der Waals surface area contributed by atoms with E-state index in [1.165, 1.54) is 0 Å². The highest BCUT2D eigenvalue weighted by Gasteiger charge is 2.06. The number of rotatable bonds is 9. The molecule has 0 aliphatic carbocycles. The van der Waals surface area contributed by atoms with Crippen molar-refractivity contribution in [2.45, 2.75) is 13.5 Å². The molecule has 0 fully saturated rings. The van der Waals surface area contributed by atoms with Crippen LogP contribution in [-0.4, -0.2) is 36.0 Å². The van der Waals surface area contributed by atoms with Gasteiger partial charge in [-0.25, -0.2) is 0 Å². The Balaban J connectivity index is 1.63. The van der Waals surface area contributed by atoms with Gasteiger partial charge in [-0.15, -0.1) is 5.10 Å². The van der Waals surface area contributed by atoms with E-state index in [2.05, 4.69) is 25.8 Å². The van der Waals surface area contributed by atoms with E-state index in [1.54, 1.807) is 20.4 Å². The minimum Gasteiger partial charge on any atom is -0.494 e. The van der Waals surface area contributed by atoms with Crippen LogP contribution in [0.5, 0.6) is 17.2 Å². The highest BCUT2D eigenvalue weighted by Crippen LogP contribution is 2.27. The third-order valence-corrected chi connectivity index (χ3v) is 3.90. The zero-order valence-electron chi connectivity index (χ0n) is 16.1. The van der Waals surface area contributed by atoms with Crippen LogP contribution in [0.2, 0.25) is 0 Å². The number of aromatic nitrogens is 3. The van der Waals surface area contributed by atoms with Crippen molar-refractivity contribution >= 4 is 17.5 Å². The molecule has 0 atom stereocenters. The van der Waals surface area contributed by atoms with Crippen LogP contribution in [0.1, 0.15) is 12.5 Å². The number of hydrogen-bond acceptors (Lipinski definition) is 8. The molecule has 146 valence electrons. The van der Waals surface area contributed by atoms with Gasteiger partial charge in [0.2, 0.25) is 5.95 Å². The molecular weight excluding hydrogens is 358 g/mol. The summed E-state index contributed by atoms with van der Waals surface area (Å²) in [6.45, 7) is 3.14. The Morgan fingerprint density at radius 2 is 1.75 bits per heavy atom. The van der Waals surface area contributed by atoms with Gasteiger partial charge in [-0.3, -0.25) is 0 Å². The summed E-state index contributed by atoms with van der Waals surface area (Å²) < 4.78 is 16.0. The Bertz CT molecular complexity index is 903. The SMILES string of the molecule is CCOc1ccc(Nc2nncc(NCc3ccc(OC)c(OC)c3)n2)cc1. The lowest BCUT2D eigenvalue weighted by atomic mass is 10.2. The van der Waals surface area contributed by atoms with E-state index in [0.29, 0.717) is 36.4 Å². The zero-order valence-corrected chi connectivity index (χ0v) is 16.1. The fourth-order valence-corrected chi connectivity index (χ4v) is 2.56. The molecule has 1 aromatic heterocycles. The number of nitrogens with zero attached hydrogens (tertiary/aromatic N) is 3. The molecule has 1 heterocycles. The van der Waals surface area contributed by atoms with Gasteiger partial charge in [0.25, 0.3) is 0 Å². The second-order valence-electron chi connectivity index (χ2n) is 5.79. The second-order valence-corrected chi connectivity index (χ2v) is 5.79. The average molecular weight is 381 g/mol. The molecule has 8 heteroatoms. The van der Waals surface area contributed by atoms with Gasteiger partial charge in [-0.1, -0.05) is 6.07 Å². The molecule has 0 bridgehead atoms. The van der Waals surface area contributed by atoms with Gasteiger partial charge < -0.3 is 24.8 Å². The normalized spacial score (nSPS) is 10.2. The zero-order chi connectivity index (χ0) is 19.8. The molecule has 0 aliphatic rings. The number of anilines is 3. The van der Waals surface area contributed by atoms with Crippen molar-refractivity contribution in [1.82, 2.24) is 15.2 Å². The molecular formula is C20H23N5O3. The molecule has 0 radical (unpaired) electrons. The fourth-order valence-electron chi connectivity index (χ4n) is 2.56. The monoisotopic (exact) mass is 381 g/mol. The number of hydrogen-bond donors (Lipinski definition) is 2. The smallest absolute Gasteiger partial charge is 0.249 e. The van der Waals surface area contributed by atoms with E-state index in [4.69, 9.17) is 14.2 Å². The molecule has 0 spiro atoms. The first-order chi connectivity index (χ1) is 13.7. The lowest BCUT2D eigenvalue weighted by Gasteiger charge is -2.11. The maximum Gasteiger partial charge on any atom is 0.249 e. The molecule has 3 rings (SSSR count). The van der Waals surface area contributed by atoms with Crippen LogP contribution in [0, 0.1) is 0 Å². The third kappa shape index (κ3) is 5.00. The number of methoxy groups -OCH3 is 2. The molecule has 2 N–H and O–H groups in total. The Kier molecular flexibility index (Phi) is 6.46. The van der Waals surface area contributed by atoms with Gasteiger partial charge in [0, 0.05) is 12.2 Å². The van der Waals surface area contributed by atoms with Gasteiger partial charge in [0.15, 0.2) is 17.3 Å². The molecule has 3 aromatic rings. The van der Waals surface area contributed by atoms with E-state index in [0.717, 1.165) is 17.0 Å². The van der Waals surface area contributed by atoms with E-state index >= 15 is 0 Å². The summed E-state index contributed by atoms with van der Waals surface area (Å²) in [5.41, 5.74) is 1.87. The molecule has 0 unspecified atom stereocenters. The summed E-state index contributed by atoms with van der Waals surface area (Å²) in [6, 6.07) is 13.3. The minimum atomic E-state index is 0.404. The van der Waals surface area contributed by atoms with Gasteiger partial charge in [0.1, 0.15) is 5.75 Å². The number of nitrogens with one attached hydrogen (secondary N) is 2. The summed E-state index contributed by atoms with van der Waals surface area (Å²) >= 11 is 0. The first kappa shape index (κ1) is 19.2. The highest BCUT2D eigenvalue weighted by atomic mass is 16.5. The predicted octanol–water partition coefficient (Wildman–Crippen LogP) is 3.64. The summed E-state index contributed by atoms with van der Waals surface area (Å²) in [5.74, 6) is 3.20. The predicted molar refractivity (Wildman–Crippen MR) is 108 cm³/mol. The Labute approximate surface area is 163 Å². The van der Waals surface area contributed by atoms with E-state index < -0.39 is 0 Å². The maximum absolute atomic E-state index is 5.44. The topological polar surface area (TPSA) is 90.4 Å². The second kappa shape index (κ2) is 9.40. The molecule has 0 amide bonds. The first-order valence-electron chi connectivity index (χ1n) is 8.86. The molecule has 0 saturated heterocycles. The minimum absolute atomic E-state index is 0.404. The number of ether oxygens (including phenoxy) is 3. The summed E-state index contributed by atoms with van der Waals surface area (Å²) in [5, 5.41) is 14.4. The lowest BCUT2D eigenvalue weighted by molar-refractivity contribution is 0.340. The van der Waals surface area contributed by atoms with Gasteiger partial charge in [-0.05, 0) is 48.9 Å². The van der Waals surface area contributed by atoms with Crippen LogP contribution in [-0.2, 0) is 6.54 Å². The van der Waals surface area contributed by atoms with Crippen LogP contribution in [0.15, 0.2) is 48.7 Å². The number of benzene rings is 2. The van der Waals surface area contributed by atoms with Gasteiger partial charge in [-0.2, -0.15) is 10.1 Å². The van der Waals surface area contributed by atoms with Crippen molar-refractivity contribution in [3.8, 4) is 17.2 Å². The molecule has 8 nitrogen and oxygen atoms in total. The molecule has 28 heavy (non-hydrogen) atoms. The van der Waals surface area contributed by atoms with Crippen LogP contribution in [0.25, 0.3) is 0 Å². The quantitative estimate of drug-likeness (QED) is 0.581. The lowest BCUT2D eigenvalue weighted by Crippen LogP contribution is -2.06. The van der Waals surface area contributed by atoms with Crippen molar-refractivity contribution in [1.29, 1.82) is 0 Å². The largest absolute Gasteiger partial charge is 0.494 e. The fraction of sp³-hybridized carbons (Fsp3) is 0.250. The van der Waals surface area contributed by atoms with Crippen LogP contribution in [0.3, 0.4) is 0 Å². The van der Waals surface area contributed by atoms with Crippen LogP contribution < -0.4 is 24.8 Å². The average Bonchev–Trinajstić information content (AvgIpc) is 2.74. The Hall–Kier alpha value is -3.55. The maximum atomic E-state index is 5.44. The standard InChI is InChI=1S/C20H23N5O3/c1-4-28-16-8-6-15(7-9-16)23-20-24-19(13-22-25-20)21-12-14-5-10-17(26-2)18(11-14)27-3/h5-11,13H,4,12H2,1-3H3,(H2,21,23,24,25). The van der Waals surface area contributed by atoms with E-state index in [9.17, 15) is 0 Å². The van der Waals surface area contributed by atoms with E-state index in [1.807, 2.05) is 49.4 Å². The molecule has 2 aromatic carbocycles. The van der Waals surface area contributed by atoms with E-state index in [-0.39, 0.29) is 0 Å². The molecule has 0 saturated carbocycles. The van der Waals surface area contributed by atoms with Crippen molar-refractivity contribution in [2.24, 2.45) is 0 Å². The summed E-state index contributed by atoms with van der Waals surface area (Å²) in [7, 11) is 3.23. The summed E-state index contributed by atoms with van der Waals surface area (Å²) in [6.07, 6.45) is 1.57. The van der Waals surface area contributed by atoms with Crippen molar-refractivity contribution in [3.05, 3.63) is 54.2 Å². The molecule has 0 aliphatic heterocycles. The first-order valence-corrected chi connectivity index (χ1v) is 8.86. The van der Waals surface area contributed by atoms with Gasteiger partial charge in [0.05, 0.1) is 27.0 Å².